The minimum Gasteiger partial charge on any atom is -0.460 e. The summed E-state index contributed by atoms with van der Waals surface area (Å²) >= 11 is 0. The number of pyridine rings is 1. The van der Waals surface area contributed by atoms with Crippen LogP contribution in [0.3, 0.4) is 0 Å². The van der Waals surface area contributed by atoms with Gasteiger partial charge in [-0.25, -0.2) is 15.0 Å². The molecular formula is C26H37N5O3. The van der Waals surface area contributed by atoms with Gasteiger partial charge in [0.25, 0.3) is 0 Å². The third-order valence-corrected chi connectivity index (χ3v) is 6.20. The van der Waals surface area contributed by atoms with E-state index < -0.39 is 5.60 Å². The highest BCUT2D eigenvalue weighted by Crippen LogP contribution is 2.32. The second-order valence-electron chi connectivity index (χ2n) is 10.4. The van der Waals surface area contributed by atoms with Crippen molar-refractivity contribution in [1.82, 2.24) is 19.9 Å². The van der Waals surface area contributed by atoms with Crippen molar-refractivity contribution in [2.24, 2.45) is 5.92 Å². The van der Waals surface area contributed by atoms with Crippen LogP contribution >= 0.6 is 0 Å². The van der Waals surface area contributed by atoms with Crippen LogP contribution in [0, 0.1) is 12.8 Å². The number of aryl methyl sites for hydroxylation is 2. The molecule has 1 unspecified atom stereocenters. The Morgan fingerprint density at radius 2 is 2.00 bits per heavy atom. The van der Waals surface area contributed by atoms with Crippen LogP contribution in [0.4, 0.5) is 5.82 Å². The van der Waals surface area contributed by atoms with Crippen LogP contribution in [-0.2, 0) is 27.1 Å². The van der Waals surface area contributed by atoms with Crippen LogP contribution in [0.2, 0.25) is 0 Å². The number of fused-ring (bicyclic) bond motifs is 1. The first-order valence-electron chi connectivity index (χ1n) is 12.3. The number of nitrogens with zero attached hydrogens (tertiary/aromatic N) is 4. The molecule has 1 atom stereocenters. The Morgan fingerprint density at radius 3 is 2.74 bits per heavy atom. The molecule has 0 radical (unpaired) electrons. The molecule has 2 aliphatic rings. The lowest BCUT2D eigenvalue weighted by atomic mass is 9.94. The summed E-state index contributed by atoms with van der Waals surface area (Å²) in [6.45, 7) is 11.7. The Bertz CT molecular complexity index is 967. The standard InChI is InChI=1S/C26H37N5O3/c1-18-28-13-21(14-29-18)23(12-24(32)34-26(2,3)4)31-15-19(16-31)17-33-11-9-22-8-7-20-6-5-10-27-25(20)30-22/h7-8,13-14,19,23H,5-6,9-12,15-17H2,1-4H3,(H,27,30). The third-order valence-electron chi connectivity index (χ3n) is 6.20. The normalized spacial score (nSPS) is 17.4. The zero-order valence-electron chi connectivity index (χ0n) is 20.8. The second kappa shape index (κ2) is 10.8. The van der Waals surface area contributed by atoms with E-state index in [1.165, 1.54) is 12.0 Å². The molecule has 1 N–H and O–H groups in total. The Balaban J connectivity index is 1.24. The first-order valence-corrected chi connectivity index (χ1v) is 12.3. The van der Waals surface area contributed by atoms with E-state index in [1.54, 1.807) is 0 Å². The van der Waals surface area contributed by atoms with Crippen LogP contribution in [0.5, 0.6) is 0 Å². The number of carbonyl (C=O) groups excluding carboxylic acids is 1. The SMILES string of the molecule is Cc1ncc(C(CC(=O)OC(C)(C)C)N2CC(COCCc3ccc4c(n3)NCCC4)C2)cn1. The largest absolute Gasteiger partial charge is 0.460 e. The van der Waals surface area contributed by atoms with Crippen molar-refractivity contribution in [3.8, 4) is 0 Å². The number of anilines is 1. The first-order chi connectivity index (χ1) is 16.3. The van der Waals surface area contributed by atoms with Crippen molar-refractivity contribution in [3.05, 3.63) is 47.2 Å². The van der Waals surface area contributed by atoms with Crippen LogP contribution in [0.1, 0.15) is 62.3 Å². The zero-order valence-corrected chi connectivity index (χ0v) is 20.8. The van der Waals surface area contributed by atoms with E-state index in [4.69, 9.17) is 14.5 Å². The van der Waals surface area contributed by atoms with Crippen LogP contribution in [0.15, 0.2) is 24.5 Å². The quantitative estimate of drug-likeness (QED) is 0.443. The molecule has 1 fully saturated rings. The molecule has 0 saturated carbocycles. The summed E-state index contributed by atoms with van der Waals surface area (Å²) in [5, 5.41) is 3.39. The first kappa shape index (κ1) is 24.5. The smallest absolute Gasteiger partial charge is 0.308 e. The highest BCUT2D eigenvalue weighted by Gasteiger charge is 2.35. The van der Waals surface area contributed by atoms with E-state index in [0.717, 1.165) is 55.4 Å². The van der Waals surface area contributed by atoms with E-state index >= 15 is 0 Å². The lowest BCUT2D eigenvalue weighted by Crippen LogP contribution is -2.51. The number of esters is 1. The fourth-order valence-electron chi connectivity index (χ4n) is 4.48. The number of hydrogen-bond donors (Lipinski definition) is 1. The molecule has 8 heteroatoms. The number of rotatable bonds is 9. The molecule has 2 aromatic rings. The van der Waals surface area contributed by atoms with E-state index in [0.29, 0.717) is 19.1 Å². The number of ether oxygens (including phenoxy) is 2. The minimum absolute atomic E-state index is 0.0844. The van der Waals surface area contributed by atoms with Gasteiger partial charge in [-0.1, -0.05) is 6.07 Å². The monoisotopic (exact) mass is 467 g/mol. The van der Waals surface area contributed by atoms with Crippen molar-refractivity contribution < 1.29 is 14.3 Å². The Hall–Kier alpha value is -2.58. The lowest BCUT2D eigenvalue weighted by molar-refractivity contribution is -0.157. The van der Waals surface area contributed by atoms with Crippen molar-refractivity contribution in [2.75, 3.05) is 38.2 Å². The predicted octanol–water partition coefficient (Wildman–Crippen LogP) is 3.50. The van der Waals surface area contributed by atoms with Gasteiger partial charge >= 0.3 is 5.97 Å². The Morgan fingerprint density at radius 1 is 1.24 bits per heavy atom. The molecule has 4 heterocycles. The molecule has 2 aliphatic heterocycles. The van der Waals surface area contributed by atoms with Gasteiger partial charge in [-0.05, 0) is 52.2 Å². The molecule has 0 spiro atoms. The van der Waals surface area contributed by atoms with Gasteiger partial charge in [-0.15, -0.1) is 0 Å². The maximum absolute atomic E-state index is 12.5. The lowest BCUT2D eigenvalue weighted by Gasteiger charge is -2.44. The fraction of sp³-hybridized carbons (Fsp3) is 0.615. The second-order valence-corrected chi connectivity index (χ2v) is 10.4. The molecule has 4 rings (SSSR count). The molecule has 184 valence electrons. The summed E-state index contributed by atoms with van der Waals surface area (Å²) in [7, 11) is 0. The van der Waals surface area contributed by atoms with Gasteiger partial charge in [-0.3, -0.25) is 9.69 Å². The number of aromatic nitrogens is 3. The van der Waals surface area contributed by atoms with Crippen molar-refractivity contribution in [1.29, 1.82) is 0 Å². The molecule has 0 aliphatic carbocycles. The van der Waals surface area contributed by atoms with Crippen molar-refractivity contribution >= 4 is 11.8 Å². The predicted molar refractivity (Wildman–Crippen MR) is 131 cm³/mol. The number of hydrogen-bond acceptors (Lipinski definition) is 8. The van der Waals surface area contributed by atoms with Gasteiger partial charge in [0.2, 0.25) is 0 Å². The average molecular weight is 468 g/mol. The van der Waals surface area contributed by atoms with Gasteiger partial charge in [0.15, 0.2) is 0 Å². The Kier molecular flexibility index (Phi) is 7.78. The number of nitrogens with one attached hydrogen (secondary N) is 1. The fourth-order valence-corrected chi connectivity index (χ4v) is 4.48. The highest BCUT2D eigenvalue weighted by atomic mass is 16.6. The van der Waals surface area contributed by atoms with Gasteiger partial charge < -0.3 is 14.8 Å². The molecule has 0 bridgehead atoms. The zero-order chi connectivity index (χ0) is 24.1. The van der Waals surface area contributed by atoms with Gasteiger partial charge in [0, 0.05) is 61.7 Å². The summed E-state index contributed by atoms with van der Waals surface area (Å²) in [5.74, 6) is 2.00. The summed E-state index contributed by atoms with van der Waals surface area (Å²) in [6, 6.07) is 4.22. The molecule has 0 amide bonds. The molecule has 1 saturated heterocycles. The van der Waals surface area contributed by atoms with E-state index in [-0.39, 0.29) is 18.4 Å². The summed E-state index contributed by atoms with van der Waals surface area (Å²) < 4.78 is 11.6. The van der Waals surface area contributed by atoms with Crippen LogP contribution in [0.25, 0.3) is 0 Å². The number of carbonyl (C=O) groups is 1. The minimum atomic E-state index is -0.500. The highest BCUT2D eigenvalue weighted by molar-refractivity contribution is 5.71. The molecular weight excluding hydrogens is 430 g/mol. The average Bonchev–Trinajstić information content (AvgIpc) is 2.76. The summed E-state index contributed by atoms with van der Waals surface area (Å²) in [6.07, 6.45) is 7.02. The van der Waals surface area contributed by atoms with E-state index in [2.05, 4.69) is 32.3 Å². The van der Waals surface area contributed by atoms with Crippen LogP contribution < -0.4 is 5.32 Å². The molecule has 0 aromatic carbocycles. The number of likely N-dealkylation sites (tertiary alicyclic amines) is 1. The van der Waals surface area contributed by atoms with Gasteiger partial charge in [0.05, 0.1) is 19.6 Å². The van der Waals surface area contributed by atoms with E-state index in [9.17, 15) is 4.79 Å². The van der Waals surface area contributed by atoms with Gasteiger partial charge in [-0.2, -0.15) is 0 Å². The molecule has 34 heavy (non-hydrogen) atoms. The van der Waals surface area contributed by atoms with Gasteiger partial charge in [0.1, 0.15) is 17.2 Å². The van der Waals surface area contributed by atoms with Crippen LogP contribution in [-0.4, -0.2) is 64.3 Å². The Labute approximate surface area is 202 Å². The van der Waals surface area contributed by atoms with Crippen molar-refractivity contribution in [2.45, 2.75) is 65.0 Å². The summed E-state index contributed by atoms with van der Waals surface area (Å²) in [5.41, 5.74) is 2.83. The maximum atomic E-state index is 12.5. The third kappa shape index (κ3) is 6.73. The van der Waals surface area contributed by atoms with E-state index in [1.807, 2.05) is 40.1 Å². The van der Waals surface area contributed by atoms with Crippen molar-refractivity contribution in [3.63, 3.8) is 0 Å². The topological polar surface area (TPSA) is 89.5 Å². The molecule has 2 aromatic heterocycles. The molecule has 8 nitrogen and oxygen atoms in total. The maximum Gasteiger partial charge on any atom is 0.308 e. The summed E-state index contributed by atoms with van der Waals surface area (Å²) in [4.78, 5) is 28.2.